The average Bonchev–Trinajstić information content (AvgIpc) is 2.58. The molecule has 0 aliphatic rings. The third kappa shape index (κ3) is 4.57. The number of Topliss-reactive ketones (excluding diaryl/α,β-unsaturated/α-hetero) is 1. The summed E-state index contributed by atoms with van der Waals surface area (Å²) in [5.41, 5.74) is 1.08. The van der Waals surface area contributed by atoms with Crippen molar-refractivity contribution in [1.29, 1.82) is 0 Å². The van der Waals surface area contributed by atoms with E-state index in [0.717, 1.165) is 0 Å². The molecule has 0 aliphatic heterocycles. The summed E-state index contributed by atoms with van der Waals surface area (Å²) in [7, 11) is 1.55. The summed E-state index contributed by atoms with van der Waals surface area (Å²) in [6.45, 7) is 2.07. The smallest absolute Gasteiger partial charge is 0.251 e. The van der Waals surface area contributed by atoms with E-state index >= 15 is 0 Å². The van der Waals surface area contributed by atoms with Gasteiger partial charge in [-0.1, -0.05) is 18.2 Å². The molecule has 0 bridgehead atoms. The molecule has 0 saturated carbocycles. The van der Waals surface area contributed by atoms with E-state index in [9.17, 15) is 9.59 Å². The fraction of sp³-hybridized carbons (Fsp3) is 0.222. The number of ether oxygens (including phenoxy) is 2. The Balaban J connectivity index is 1.91. The van der Waals surface area contributed by atoms with Crippen molar-refractivity contribution in [3.8, 4) is 11.5 Å². The molecule has 120 valence electrons. The van der Waals surface area contributed by atoms with Gasteiger partial charge in [-0.2, -0.15) is 0 Å². The molecule has 0 unspecified atom stereocenters. The molecule has 5 heteroatoms. The lowest BCUT2D eigenvalue weighted by molar-refractivity contribution is 0.0943. The van der Waals surface area contributed by atoms with Gasteiger partial charge in [-0.3, -0.25) is 9.59 Å². The molecule has 0 saturated heterocycles. The van der Waals surface area contributed by atoms with E-state index in [1.54, 1.807) is 49.6 Å². The Kier molecular flexibility index (Phi) is 5.74. The third-order valence-corrected chi connectivity index (χ3v) is 3.25. The van der Waals surface area contributed by atoms with Gasteiger partial charge in [0, 0.05) is 11.6 Å². The zero-order valence-corrected chi connectivity index (χ0v) is 13.2. The molecule has 0 atom stereocenters. The maximum atomic E-state index is 11.9. The van der Waals surface area contributed by atoms with Crippen LogP contribution in [0.3, 0.4) is 0 Å². The number of carbonyl (C=O) groups excluding carboxylic acids is 2. The van der Waals surface area contributed by atoms with Crippen LogP contribution in [0, 0.1) is 0 Å². The first-order chi connectivity index (χ1) is 11.1. The summed E-state index contributed by atoms with van der Waals surface area (Å²) in [6.07, 6.45) is 0. The minimum absolute atomic E-state index is 0.0871. The molecule has 0 radical (unpaired) electrons. The molecule has 1 amide bonds. The molecule has 2 rings (SSSR count). The van der Waals surface area contributed by atoms with Crippen LogP contribution in [0.15, 0.2) is 48.5 Å². The quantitative estimate of drug-likeness (QED) is 0.630. The topological polar surface area (TPSA) is 64.6 Å². The van der Waals surface area contributed by atoms with Crippen LogP contribution in [0.2, 0.25) is 0 Å². The van der Waals surface area contributed by atoms with E-state index in [1.165, 1.54) is 6.92 Å². The summed E-state index contributed by atoms with van der Waals surface area (Å²) in [6, 6.07) is 14.0. The van der Waals surface area contributed by atoms with Crippen LogP contribution in [-0.4, -0.2) is 32.0 Å². The molecule has 0 fully saturated rings. The van der Waals surface area contributed by atoms with E-state index in [-0.39, 0.29) is 18.3 Å². The Hall–Kier alpha value is -2.82. The van der Waals surface area contributed by atoms with E-state index in [1.807, 2.05) is 6.07 Å². The van der Waals surface area contributed by atoms with Crippen molar-refractivity contribution in [2.75, 3.05) is 20.3 Å². The predicted molar refractivity (Wildman–Crippen MR) is 87.3 cm³/mol. The average molecular weight is 313 g/mol. The maximum Gasteiger partial charge on any atom is 0.251 e. The van der Waals surface area contributed by atoms with E-state index < -0.39 is 0 Å². The predicted octanol–water partition coefficient (Wildman–Crippen LogP) is 2.71. The van der Waals surface area contributed by atoms with Crippen molar-refractivity contribution in [1.82, 2.24) is 5.32 Å². The van der Waals surface area contributed by atoms with Crippen molar-refractivity contribution in [2.24, 2.45) is 0 Å². The third-order valence-electron chi connectivity index (χ3n) is 3.25. The first kappa shape index (κ1) is 16.5. The van der Waals surface area contributed by atoms with Crippen LogP contribution < -0.4 is 14.8 Å². The standard InChI is InChI=1S/C18H19NO4/c1-13(20)16-9-8-15(22-2)12-17(16)23-11-10-19-18(21)14-6-4-3-5-7-14/h3-9,12H,10-11H2,1-2H3,(H,19,21). The Bertz CT molecular complexity index is 683. The monoisotopic (exact) mass is 313 g/mol. The van der Waals surface area contributed by atoms with Crippen molar-refractivity contribution < 1.29 is 19.1 Å². The zero-order valence-electron chi connectivity index (χ0n) is 13.2. The molecule has 5 nitrogen and oxygen atoms in total. The Morgan fingerprint density at radius 3 is 2.48 bits per heavy atom. The van der Waals surface area contributed by atoms with Crippen LogP contribution >= 0.6 is 0 Å². The Labute approximate surface area is 135 Å². The highest BCUT2D eigenvalue weighted by Crippen LogP contribution is 2.25. The molecular formula is C18H19NO4. The second-order valence-corrected chi connectivity index (χ2v) is 4.89. The fourth-order valence-electron chi connectivity index (χ4n) is 2.06. The van der Waals surface area contributed by atoms with Crippen molar-refractivity contribution in [3.05, 3.63) is 59.7 Å². The first-order valence-corrected chi connectivity index (χ1v) is 7.27. The second-order valence-electron chi connectivity index (χ2n) is 4.89. The van der Waals surface area contributed by atoms with Gasteiger partial charge in [0.05, 0.1) is 19.2 Å². The number of methoxy groups -OCH3 is 1. The van der Waals surface area contributed by atoms with Gasteiger partial charge in [0.15, 0.2) is 5.78 Å². The number of nitrogens with one attached hydrogen (secondary N) is 1. The molecule has 0 aromatic heterocycles. The number of ketones is 1. The van der Waals surface area contributed by atoms with Gasteiger partial charge in [0.2, 0.25) is 0 Å². The second kappa shape index (κ2) is 7.98. The van der Waals surface area contributed by atoms with Gasteiger partial charge in [-0.05, 0) is 31.2 Å². The minimum atomic E-state index is -0.161. The van der Waals surface area contributed by atoms with Crippen LogP contribution in [-0.2, 0) is 0 Å². The summed E-state index contributed by atoms with van der Waals surface area (Å²) in [5.74, 6) is 0.812. The minimum Gasteiger partial charge on any atom is -0.497 e. The summed E-state index contributed by atoms with van der Waals surface area (Å²) in [5, 5.41) is 2.77. The molecule has 2 aromatic carbocycles. The highest BCUT2D eigenvalue weighted by atomic mass is 16.5. The summed E-state index contributed by atoms with van der Waals surface area (Å²) >= 11 is 0. The van der Waals surface area contributed by atoms with Gasteiger partial charge in [0.25, 0.3) is 5.91 Å². The van der Waals surface area contributed by atoms with Crippen LogP contribution in [0.4, 0.5) is 0 Å². The van der Waals surface area contributed by atoms with Crippen LogP contribution in [0.5, 0.6) is 11.5 Å². The lowest BCUT2D eigenvalue weighted by Gasteiger charge is -2.12. The van der Waals surface area contributed by atoms with E-state index in [4.69, 9.17) is 9.47 Å². The van der Waals surface area contributed by atoms with Crippen molar-refractivity contribution >= 4 is 11.7 Å². The number of amides is 1. The Morgan fingerprint density at radius 1 is 1.09 bits per heavy atom. The van der Waals surface area contributed by atoms with Crippen molar-refractivity contribution in [2.45, 2.75) is 6.92 Å². The number of benzene rings is 2. The maximum absolute atomic E-state index is 11.9. The van der Waals surface area contributed by atoms with Crippen molar-refractivity contribution in [3.63, 3.8) is 0 Å². The molecule has 1 N–H and O–H groups in total. The molecule has 0 spiro atoms. The normalized spacial score (nSPS) is 10.0. The van der Waals surface area contributed by atoms with Gasteiger partial charge in [-0.15, -0.1) is 0 Å². The van der Waals surface area contributed by atoms with Crippen LogP contribution in [0.1, 0.15) is 27.6 Å². The van der Waals surface area contributed by atoms with Crippen LogP contribution in [0.25, 0.3) is 0 Å². The number of hydrogen-bond donors (Lipinski definition) is 1. The fourth-order valence-corrected chi connectivity index (χ4v) is 2.06. The van der Waals surface area contributed by atoms with E-state index in [0.29, 0.717) is 29.2 Å². The number of carbonyl (C=O) groups is 2. The van der Waals surface area contributed by atoms with Gasteiger partial charge in [0.1, 0.15) is 18.1 Å². The molecular weight excluding hydrogens is 294 g/mol. The highest BCUT2D eigenvalue weighted by Gasteiger charge is 2.10. The SMILES string of the molecule is COc1ccc(C(C)=O)c(OCCNC(=O)c2ccccc2)c1. The molecule has 23 heavy (non-hydrogen) atoms. The van der Waals surface area contributed by atoms with Gasteiger partial charge < -0.3 is 14.8 Å². The van der Waals surface area contributed by atoms with Gasteiger partial charge >= 0.3 is 0 Å². The largest absolute Gasteiger partial charge is 0.497 e. The lowest BCUT2D eigenvalue weighted by atomic mass is 10.1. The lowest BCUT2D eigenvalue weighted by Crippen LogP contribution is -2.28. The summed E-state index contributed by atoms with van der Waals surface area (Å²) in [4.78, 5) is 23.5. The Morgan fingerprint density at radius 2 is 1.83 bits per heavy atom. The number of hydrogen-bond acceptors (Lipinski definition) is 4. The van der Waals surface area contributed by atoms with E-state index in [2.05, 4.69) is 5.32 Å². The molecule has 0 heterocycles. The zero-order chi connectivity index (χ0) is 16.7. The first-order valence-electron chi connectivity index (χ1n) is 7.27. The molecule has 2 aromatic rings. The number of rotatable bonds is 7. The summed E-state index contributed by atoms with van der Waals surface area (Å²) < 4.78 is 10.7. The highest BCUT2D eigenvalue weighted by molar-refractivity contribution is 5.97. The molecule has 0 aliphatic carbocycles. The van der Waals surface area contributed by atoms with Gasteiger partial charge in [-0.25, -0.2) is 0 Å².